The van der Waals surface area contributed by atoms with Crippen LogP contribution in [0.1, 0.15) is 33.2 Å². The molecule has 2 amide bonds. The Hall–Kier alpha value is -2.23. The van der Waals surface area contributed by atoms with E-state index in [1.807, 2.05) is 0 Å². The SMILES string of the molecule is CC(C)(C)OC(=O)N(C(=O)O)c1ncnc2c1cnn2C1CC1Br. The average Bonchev–Trinajstić information content (AvgIpc) is 3.01. The van der Waals surface area contributed by atoms with E-state index in [4.69, 9.17) is 4.74 Å². The first-order valence-corrected chi connectivity index (χ1v) is 8.19. The lowest BCUT2D eigenvalue weighted by Gasteiger charge is -2.23. The van der Waals surface area contributed by atoms with Gasteiger partial charge in [0.2, 0.25) is 0 Å². The first-order chi connectivity index (χ1) is 11.2. The predicted molar refractivity (Wildman–Crippen MR) is 88.4 cm³/mol. The van der Waals surface area contributed by atoms with Crippen LogP contribution >= 0.6 is 15.9 Å². The Morgan fingerprint density at radius 1 is 1.42 bits per heavy atom. The third-order valence-electron chi connectivity index (χ3n) is 3.34. The molecule has 0 aromatic carbocycles. The van der Waals surface area contributed by atoms with E-state index < -0.39 is 17.8 Å². The number of ether oxygens (including phenoxy) is 1. The summed E-state index contributed by atoms with van der Waals surface area (Å²) in [5.74, 6) is -0.0697. The zero-order valence-corrected chi connectivity index (χ0v) is 14.9. The number of fused-ring (bicyclic) bond motifs is 1. The maximum Gasteiger partial charge on any atom is 0.425 e. The number of amides is 2. The predicted octanol–water partition coefficient (Wildman–Crippen LogP) is 2.95. The van der Waals surface area contributed by atoms with Crippen LogP contribution in [0.15, 0.2) is 12.5 Å². The minimum absolute atomic E-state index is 0.0697. The number of halogens is 1. The molecule has 3 rings (SSSR count). The molecule has 2 aromatic rings. The minimum atomic E-state index is -1.48. The fourth-order valence-corrected chi connectivity index (χ4v) is 2.85. The highest BCUT2D eigenvalue weighted by Gasteiger charge is 2.39. The van der Waals surface area contributed by atoms with Crippen molar-refractivity contribution in [3.05, 3.63) is 12.5 Å². The van der Waals surface area contributed by atoms with Crippen molar-refractivity contribution in [1.82, 2.24) is 19.7 Å². The smallest absolute Gasteiger partial charge is 0.425 e. The van der Waals surface area contributed by atoms with Crippen molar-refractivity contribution in [2.45, 2.75) is 43.7 Å². The van der Waals surface area contributed by atoms with Gasteiger partial charge in [-0.05, 0) is 27.2 Å². The minimum Gasteiger partial charge on any atom is -0.464 e. The molecule has 0 aliphatic heterocycles. The summed E-state index contributed by atoms with van der Waals surface area (Å²) in [5, 5.41) is 14.1. The normalized spacial score (nSPS) is 20.0. The summed E-state index contributed by atoms with van der Waals surface area (Å²) >= 11 is 3.50. The van der Waals surface area contributed by atoms with Gasteiger partial charge in [0.05, 0.1) is 17.6 Å². The zero-order valence-electron chi connectivity index (χ0n) is 13.3. The molecule has 24 heavy (non-hydrogen) atoms. The van der Waals surface area contributed by atoms with Gasteiger partial charge < -0.3 is 9.84 Å². The molecule has 2 unspecified atom stereocenters. The molecule has 2 heterocycles. The molecule has 1 aliphatic rings. The van der Waals surface area contributed by atoms with Gasteiger partial charge in [-0.2, -0.15) is 10.00 Å². The van der Waals surface area contributed by atoms with Gasteiger partial charge in [0.1, 0.15) is 11.9 Å². The molecule has 2 aromatic heterocycles. The summed E-state index contributed by atoms with van der Waals surface area (Å²) in [6.07, 6.45) is 1.07. The number of carbonyl (C=O) groups is 2. The lowest BCUT2D eigenvalue weighted by molar-refractivity contribution is 0.0581. The lowest BCUT2D eigenvalue weighted by Crippen LogP contribution is -2.40. The van der Waals surface area contributed by atoms with Gasteiger partial charge in [-0.25, -0.2) is 24.2 Å². The van der Waals surface area contributed by atoms with E-state index in [1.54, 1.807) is 25.5 Å². The molecular formula is C14H16BrN5O4. The average molecular weight is 398 g/mol. The molecule has 2 atom stereocenters. The number of hydrogen-bond acceptors (Lipinski definition) is 6. The van der Waals surface area contributed by atoms with E-state index in [2.05, 4.69) is 31.0 Å². The number of imide groups is 1. The molecule has 0 radical (unpaired) electrons. The van der Waals surface area contributed by atoms with Gasteiger partial charge in [0, 0.05) is 4.83 Å². The molecule has 1 saturated carbocycles. The lowest BCUT2D eigenvalue weighted by atomic mass is 10.2. The van der Waals surface area contributed by atoms with Crippen molar-refractivity contribution >= 4 is 45.0 Å². The number of rotatable bonds is 2. The topological polar surface area (TPSA) is 110 Å². The monoisotopic (exact) mass is 397 g/mol. The van der Waals surface area contributed by atoms with Crippen LogP contribution in [0.4, 0.5) is 15.4 Å². The van der Waals surface area contributed by atoms with Crippen LogP contribution in [0.5, 0.6) is 0 Å². The molecule has 128 valence electrons. The Bertz CT molecular complexity index is 815. The number of carboxylic acid groups (broad SMARTS) is 1. The van der Waals surface area contributed by atoms with Crippen molar-refractivity contribution in [2.24, 2.45) is 0 Å². The maximum absolute atomic E-state index is 12.3. The highest BCUT2D eigenvalue weighted by Crippen LogP contribution is 2.43. The van der Waals surface area contributed by atoms with Crippen LogP contribution < -0.4 is 4.90 Å². The van der Waals surface area contributed by atoms with E-state index in [0.29, 0.717) is 20.8 Å². The quantitative estimate of drug-likeness (QED) is 0.775. The summed E-state index contributed by atoms with van der Waals surface area (Å²) < 4.78 is 6.86. The van der Waals surface area contributed by atoms with Crippen LogP contribution in [0.2, 0.25) is 0 Å². The summed E-state index contributed by atoms with van der Waals surface area (Å²) in [4.78, 5) is 32.8. The molecule has 0 bridgehead atoms. The second kappa shape index (κ2) is 5.69. The Labute approximate surface area is 145 Å². The van der Waals surface area contributed by atoms with Gasteiger partial charge in [-0.1, -0.05) is 15.9 Å². The summed E-state index contributed by atoms with van der Waals surface area (Å²) in [7, 11) is 0. The van der Waals surface area contributed by atoms with E-state index in [0.717, 1.165) is 6.42 Å². The second-order valence-electron chi connectivity index (χ2n) is 6.44. The zero-order chi connectivity index (χ0) is 17.6. The first kappa shape index (κ1) is 16.6. The second-order valence-corrected chi connectivity index (χ2v) is 7.62. The number of carbonyl (C=O) groups excluding carboxylic acids is 1. The molecular weight excluding hydrogens is 382 g/mol. The highest BCUT2D eigenvalue weighted by molar-refractivity contribution is 9.09. The van der Waals surface area contributed by atoms with Crippen molar-refractivity contribution in [1.29, 1.82) is 0 Å². The van der Waals surface area contributed by atoms with Gasteiger partial charge in [0.15, 0.2) is 11.5 Å². The summed E-state index contributed by atoms with van der Waals surface area (Å²) in [6.45, 7) is 4.96. The fourth-order valence-electron chi connectivity index (χ4n) is 2.24. The van der Waals surface area contributed by atoms with Crippen LogP contribution in [-0.2, 0) is 4.74 Å². The molecule has 1 N–H and O–H groups in total. The molecule has 1 aliphatic carbocycles. The third kappa shape index (κ3) is 3.05. The number of nitrogens with zero attached hydrogens (tertiary/aromatic N) is 5. The molecule has 1 fully saturated rings. The first-order valence-electron chi connectivity index (χ1n) is 7.27. The molecule has 0 saturated heterocycles. The third-order valence-corrected chi connectivity index (χ3v) is 4.33. The standard InChI is InChI=1S/C14H16BrN5O4/c1-14(2,3)24-13(23)19(12(21)22)10-7-5-18-20(9-4-8(9)15)11(7)17-6-16-10/h5-6,8-9H,4H2,1-3H3,(H,21,22). The Morgan fingerprint density at radius 3 is 2.62 bits per heavy atom. The highest BCUT2D eigenvalue weighted by atomic mass is 79.9. The van der Waals surface area contributed by atoms with Gasteiger partial charge in [-0.3, -0.25) is 0 Å². The van der Waals surface area contributed by atoms with Crippen molar-refractivity contribution in [3.63, 3.8) is 0 Å². The van der Waals surface area contributed by atoms with Crippen LogP contribution in [0, 0.1) is 0 Å². The van der Waals surface area contributed by atoms with Crippen LogP contribution in [-0.4, -0.2) is 47.5 Å². The van der Waals surface area contributed by atoms with Crippen molar-refractivity contribution in [3.8, 4) is 0 Å². The van der Waals surface area contributed by atoms with Crippen molar-refractivity contribution in [2.75, 3.05) is 4.90 Å². The molecule has 0 spiro atoms. The van der Waals surface area contributed by atoms with Gasteiger partial charge >= 0.3 is 12.2 Å². The number of hydrogen-bond donors (Lipinski definition) is 1. The maximum atomic E-state index is 12.3. The van der Waals surface area contributed by atoms with Crippen molar-refractivity contribution < 1.29 is 19.4 Å². The summed E-state index contributed by atoms with van der Waals surface area (Å²) in [6, 6.07) is 0.157. The summed E-state index contributed by atoms with van der Waals surface area (Å²) in [5.41, 5.74) is -0.361. The Kier molecular flexibility index (Phi) is 3.94. The number of aromatic nitrogens is 4. The van der Waals surface area contributed by atoms with E-state index in [9.17, 15) is 14.7 Å². The van der Waals surface area contributed by atoms with E-state index in [-0.39, 0.29) is 11.9 Å². The van der Waals surface area contributed by atoms with Gasteiger partial charge in [0.25, 0.3) is 0 Å². The largest absolute Gasteiger partial charge is 0.464 e. The molecule has 10 heteroatoms. The number of anilines is 1. The Morgan fingerprint density at radius 2 is 2.08 bits per heavy atom. The fraction of sp³-hybridized carbons (Fsp3) is 0.500. The Balaban J connectivity index is 2.04. The van der Waals surface area contributed by atoms with Crippen LogP contribution in [0.3, 0.4) is 0 Å². The van der Waals surface area contributed by atoms with Gasteiger partial charge in [-0.15, -0.1) is 0 Å². The number of alkyl halides is 1. The van der Waals surface area contributed by atoms with E-state index >= 15 is 0 Å². The van der Waals surface area contributed by atoms with Crippen LogP contribution in [0.25, 0.3) is 11.0 Å². The van der Waals surface area contributed by atoms with E-state index in [1.165, 1.54) is 12.5 Å². The molecule has 9 nitrogen and oxygen atoms in total.